The summed E-state index contributed by atoms with van der Waals surface area (Å²) in [6, 6.07) is 6.37. The highest BCUT2D eigenvalue weighted by Crippen LogP contribution is 2.34. The van der Waals surface area contributed by atoms with E-state index < -0.39 is 6.36 Å². The van der Waals surface area contributed by atoms with Crippen molar-refractivity contribution in [3.8, 4) is 5.75 Å². The molecule has 0 heterocycles. The van der Waals surface area contributed by atoms with Crippen LogP contribution in [0.15, 0.2) is 24.3 Å². The van der Waals surface area contributed by atoms with Crippen molar-refractivity contribution in [3.63, 3.8) is 0 Å². The SMILES string of the molecule is CCCCCCCC1CCC(Cc2ccc(OC(F)(F)F)cc2)CC1. The van der Waals surface area contributed by atoms with E-state index in [9.17, 15) is 13.2 Å². The van der Waals surface area contributed by atoms with Crippen LogP contribution in [0, 0.1) is 11.8 Å². The smallest absolute Gasteiger partial charge is 0.406 e. The number of halogens is 3. The second-order valence-corrected chi connectivity index (χ2v) is 7.49. The predicted molar refractivity (Wildman–Crippen MR) is 95.7 cm³/mol. The lowest BCUT2D eigenvalue weighted by molar-refractivity contribution is -0.274. The molecule has 0 spiro atoms. The minimum atomic E-state index is -4.61. The molecule has 0 amide bonds. The van der Waals surface area contributed by atoms with E-state index >= 15 is 0 Å². The second-order valence-electron chi connectivity index (χ2n) is 7.49. The summed E-state index contributed by atoms with van der Waals surface area (Å²) < 4.78 is 40.5. The molecule has 1 aliphatic carbocycles. The average molecular weight is 356 g/mol. The van der Waals surface area contributed by atoms with Gasteiger partial charge in [-0.15, -0.1) is 13.2 Å². The molecule has 0 aromatic heterocycles. The van der Waals surface area contributed by atoms with Crippen LogP contribution in [0.25, 0.3) is 0 Å². The molecule has 2 rings (SSSR count). The first-order valence-electron chi connectivity index (χ1n) is 9.81. The first-order chi connectivity index (χ1) is 12.0. The normalized spacial score (nSPS) is 21.3. The van der Waals surface area contributed by atoms with Crippen LogP contribution >= 0.6 is 0 Å². The number of alkyl halides is 3. The average Bonchev–Trinajstić information content (AvgIpc) is 2.57. The van der Waals surface area contributed by atoms with Gasteiger partial charge in [-0.2, -0.15) is 0 Å². The molecular weight excluding hydrogens is 325 g/mol. The van der Waals surface area contributed by atoms with Gasteiger partial charge in [-0.1, -0.05) is 70.4 Å². The lowest BCUT2D eigenvalue weighted by Crippen LogP contribution is -2.17. The fourth-order valence-electron chi connectivity index (χ4n) is 3.92. The number of benzene rings is 1. The Morgan fingerprint density at radius 3 is 2.08 bits per heavy atom. The van der Waals surface area contributed by atoms with E-state index in [0.717, 1.165) is 17.9 Å². The van der Waals surface area contributed by atoms with E-state index in [-0.39, 0.29) is 5.75 Å². The minimum Gasteiger partial charge on any atom is -0.406 e. The largest absolute Gasteiger partial charge is 0.573 e. The highest BCUT2D eigenvalue weighted by atomic mass is 19.4. The Hall–Kier alpha value is -1.19. The number of rotatable bonds is 9. The Labute approximate surface area is 150 Å². The quantitative estimate of drug-likeness (QED) is 0.422. The van der Waals surface area contributed by atoms with Crippen molar-refractivity contribution in [3.05, 3.63) is 29.8 Å². The van der Waals surface area contributed by atoms with Gasteiger partial charge < -0.3 is 4.74 Å². The minimum absolute atomic E-state index is 0.136. The summed E-state index contributed by atoms with van der Waals surface area (Å²) in [5.74, 6) is 1.43. The van der Waals surface area contributed by atoms with Crippen molar-refractivity contribution in [2.24, 2.45) is 11.8 Å². The Kier molecular flexibility index (Phi) is 8.11. The molecule has 0 aliphatic heterocycles. The van der Waals surface area contributed by atoms with E-state index in [2.05, 4.69) is 11.7 Å². The van der Waals surface area contributed by atoms with Gasteiger partial charge in [0.25, 0.3) is 0 Å². The zero-order chi connectivity index (χ0) is 18.1. The van der Waals surface area contributed by atoms with Crippen molar-refractivity contribution in [2.75, 3.05) is 0 Å². The molecule has 0 N–H and O–H groups in total. The highest BCUT2D eigenvalue weighted by molar-refractivity contribution is 5.27. The summed E-state index contributed by atoms with van der Waals surface area (Å²) in [5, 5.41) is 0. The Morgan fingerprint density at radius 2 is 1.48 bits per heavy atom. The molecule has 1 fully saturated rings. The lowest BCUT2D eigenvalue weighted by atomic mass is 9.77. The topological polar surface area (TPSA) is 9.23 Å². The van der Waals surface area contributed by atoms with Crippen LogP contribution in [-0.4, -0.2) is 6.36 Å². The summed E-state index contributed by atoms with van der Waals surface area (Å²) in [6.45, 7) is 2.25. The van der Waals surface area contributed by atoms with Crippen LogP contribution in [0.5, 0.6) is 5.75 Å². The van der Waals surface area contributed by atoms with Gasteiger partial charge in [0.2, 0.25) is 0 Å². The van der Waals surface area contributed by atoms with Gasteiger partial charge in [-0.05, 0) is 48.8 Å². The van der Waals surface area contributed by atoms with E-state index in [1.54, 1.807) is 12.1 Å². The molecular formula is C21H31F3O. The molecule has 1 aromatic rings. The van der Waals surface area contributed by atoms with Crippen molar-refractivity contribution in [1.82, 2.24) is 0 Å². The summed E-state index contributed by atoms with van der Waals surface area (Å²) >= 11 is 0. The molecule has 0 unspecified atom stereocenters. The van der Waals surface area contributed by atoms with Crippen LogP contribution in [0.2, 0.25) is 0 Å². The first-order valence-corrected chi connectivity index (χ1v) is 9.81. The second kappa shape index (κ2) is 10.1. The zero-order valence-electron chi connectivity index (χ0n) is 15.3. The number of ether oxygens (including phenoxy) is 1. The van der Waals surface area contributed by atoms with Gasteiger partial charge in [-0.3, -0.25) is 0 Å². The third-order valence-corrected chi connectivity index (χ3v) is 5.36. The Balaban J connectivity index is 1.66. The molecule has 0 radical (unpaired) electrons. The molecule has 0 atom stereocenters. The van der Waals surface area contributed by atoms with Gasteiger partial charge in [0.15, 0.2) is 0 Å². The van der Waals surface area contributed by atoms with Crippen LogP contribution in [0.1, 0.15) is 76.7 Å². The van der Waals surface area contributed by atoms with Gasteiger partial charge in [0, 0.05) is 0 Å². The number of hydrogen-bond acceptors (Lipinski definition) is 1. The third kappa shape index (κ3) is 8.15. The van der Waals surface area contributed by atoms with Gasteiger partial charge >= 0.3 is 6.36 Å². The summed E-state index contributed by atoms with van der Waals surface area (Å²) in [5.41, 5.74) is 1.11. The van der Waals surface area contributed by atoms with E-state index in [1.165, 1.54) is 76.3 Å². The molecule has 1 nitrogen and oxygen atoms in total. The molecule has 142 valence electrons. The molecule has 0 bridgehead atoms. The number of hydrogen-bond donors (Lipinski definition) is 0. The van der Waals surface area contributed by atoms with Crippen LogP contribution in [-0.2, 0) is 6.42 Å². The number of unbranched alkanes of at least 4 members (excludes halogenated alkanes) is 4. The molecule has 1 saturated carbocycles. The maximum Gasteiger partial charge on any atom is 0.573 e. The fraction of sp³-hybridized carbons (Fsp3) is 0.714. The fourth-order valence-corrected chi connectivity index (χ4v) is 3.92. The van der Waals surface area contributed by atoms with Crippen LogP contribution in [0.4, 0.5) is 13.2 Å². The highest BCUT2D eigenvalue weighted by Gasteiger charge is 2.31. The predicted octanol–water partition coefficient (Wildman–Crippen LogP) is 7.29. The Bertz CT molecular complexity index is 473. The van der Waals surface area contributed by atoms with E-state index in [4.69, 9.17) is 0 Å². The van der Waals surface area contributed by atoms with Gasteiger partial charge in [-0.25, -0.2) is 0 Å². The standard InChI is InChI=1S/C21H31F3O/c1-2-3-4-5-6-7-17-8-10-18(11-9-17)16-19-12-14-20(15-13-19)25-21(22,23)24/h12-15,17-18H,2-11,16H2,1H3. The maximum absolute atomic E-state index is 12.2. The molecule has 0 saturated heterocycles. The first kappa shape index (κ1) is 20.1. The molecule has 4 heteroatoms. The van der Waals surface area contributed by atoms with Crippen molar-refractivity contribution in [2.45, 2.75) is 83.9 Å². The summed E-state index contributed by atoms with van der Waals surface area (Å²) in [7, 11) is 0. The van der Waals surface area contributed by atoms with Crippen LogP contribution in [0.3, 0.4) is 0 Å². The van der Waals surface area contributed by atoms with E-state index in [0.29, 0.717) is 5.92 Å². The molecule has 1 aliphatic rings. The zero-order valence-corrected chi connectivity index (χ0v) is 15.3. The molecule has 1 aromatic carbocycles. The Morgan fingerprint density at radius 1 is 0.880 bits per heavy atom. The maximum atomic E-state index is 12.2. The lowest BCUT2D eigenvalue weighted by Gasteiger charge is -2.28. The monoisotopic (exact) mass is 356 g/mol. The van der Waals surface area contributed by atoms with Crippen molar-refractivity contribution in [1.29, 1.82) is 0 Å². The summed E-state index contributed by atoms with van der Waals surface area (Å²) in [6.07, 6.45) is 9.64. The van der Waals surface area contributed by atoms with Gasteiger partial charge in [0.05, 0.1) is 0 Å². The van der Waals surface area contributed by atoms with Crippen LogP contribution < -0.4 is 4.74 Å². The van der Waals surface area contributed by atoms with Crippen molar-refractivity contribution >= 4 is 0 Å². The molecule has 25 heavy (non-hydrogen) atoms. The van der Waals surface area contributed by atoms with Crippen molar-refractivity contribution < 1.29 is 17.9 Å². The summed E-state index contributed by atoms with van der Waals surface area (Å²) in [4.78, 5) is 0. The third-order valence-electron chi connectivity index (χ3n) is 5.36. The van der Waals surface area contributed by atoms with E-state index in [1.807, 2.05) is 0 Å². The van der Waals surface area contributed by atoms with Gasteiger partial charge in [0.1, 0.15) is 5.75 Å².